The summed E-state index contributed by atoms with van der Waals surface area (Å²) in [4.78, 5) is 10.3. The van der Waals surface area contributed by atoms with Crippen molar-refractivity contribution in [3.63, 3.8) is 0 Å². The van der Waals surface area contributed by atoms with Crippen molar-refractivity contribution in [1.82, 2.24) is 0 Å². The zero-order valence-corrected chi connectivity index (χ0v) is 6.12. The molecule has 1 heterocycles. The number of nitrogens with two attached hydrogens (primary N) is 1. The molecule has 0 aromatic carbocycles. The molecule has 1 fully saturated rings. The van der Waals surface area contributed by atoms with Crippen molar-refractivity contribution in [2.24, 2.45) is 5.73 Å². The van der Waals surface area contributed by atoms with Crippen LogP contribution in [0.3, 0.4) is 0 Å². The molecule has 0 bridgehead atoms. The molecule has 0 radical (unpaired) electrons. The van der Waals surface area contributed by atoms with Gasteiger partial charge in [0.15, 0.2) is 0 Å². The molecular weight excluding hydrogens is 134 g/mol. The molecule has 1 aliphatic rings. The van der Waals surface area contributed by atoms with Crippen molar-refractivity contribution in [1.29, 1.82) is 0 Å². The first-order valence-electron chi connectivity index (χ1n) is 3.10. The number of aldehydes is 1. The number of hydrogen-bond acceptors (Lipinski definition) is 3. The second-order valence-electron chi connectivity index (χ2n) is 2.46. The normalized spacial score (nSPS) is 25.4. The summed E-state index contributed by atoms with van der Waals surface area (Å²) in [5.41, 5.74) is 5.20. The first kappa shape index (κ1) is 7.09. The molecule has 0 atom stereocenters. The van der Waals surface area contributed by atoms with Crippen LogP contribution < -0.4 is 5.73 Å². The molecule has 0 aromatic heterocycles. The number of carbonyl (C=O) groups is 1. The third kappa shape index (κ3) is 1.69. The maximum absolute atomic E-state index is 10.3. The predicted octanol–water partition coefficient (Wildman–Crippen LogP) is 0.410. The molecule has 1 rings (SSSR count). The molecule has 1 saturated heterocycles. The van der Waals surface area contributed by atoms with Crippen molar-refractivity contribution in [2.75, 3.05) is 11.5 Å². The van der Waals surface area contributed by atoms with E-state index in [1.54, 1.807) is 0 Å². The van der Waals surface area contributed by atoms with Crippen LogP contribution >= 0.6 is 11.8 Å². The summed E-state index contributed by atoms with van der Waals surface area (Å²) >= 11 is 1.87. The lowest BCUT2D eigenvalue weighted by atomic mass is 9.96. The third-order valence-electron chi connectivity index (χ3n) is 1.66. The number of thioether (sulfide) groups is 1. The summed E-state index contributed by atoms with van der Waals surface area (Å²) in [6.45, 7) is 0. The van der Waals surface area contributed by atoms with Crippen molar-refractivity contribution in [3.05, 3.63) is 0 Å². The molecule has 2 nitrogen and oxygen atoms in total. The van der Waals surface area contributed by atoms with Gasteiger partial charge in [-0.05, 0) is 24.3 Å². The Hall–Kier alpha value is -0.0200. The molecule has 0 aliphatic carbocycles. The highest BCUT2D eigenvalue weighted by Gasteiger charge is 2.26. The Morgan fingerprint density at radius 2 is 2.00 bits per heavy atom. The first-order valence-corrected chi connectivity index (χ1v) is 4.25. The maximum atomic E-state index is 10.3. The lowest BCUT2D eigenvalue weighted by Gasteiger charge is -2.26. The summed E-state index contributed by atoms with van der Waals surface area (Å²) in [5.74, 6) is 2.07. The van der Waals surface area contributed by atoms with Crippen molar-refractivity contribution in [2.45, 2.75) is 18.4 Å². The minimum atomic E-state index is -0.481. The van der Waals surface area contributed by atoms with Crippen LogP contribution in [0, 0.1) is 0 Å². The van der Waals surface area contributed by atoms with E-state index in [0.29, 0.717) is 0 Å². The van der Waals surface area contributed by atoms with Gasteiger partial charge in [-0.15, -0.1) is 0 Å². The molecule has 0 spiro atoms. The van der Waals surface area contributed by atoms with Crippen LogP contribution in [-0.4, -0.2) is 23.3 Å². The highest BCUT2D eigenvalue weighted by Crippen LogP contribution is 2.22. The van der Waals surface area contributed by atoms with E-state index in [1.807, 2.05) is 11.8 Å². The van der Waals surface area contributed by atoms with E-state index in [4.69, 9.17) is 5.73 Å². The van der Waals surface area contributed by atoms with Crippen molar-refractivity contribution in [3.8, 4) is 0 Å². The molecule has 52 valence electrons. The predicted molar refractivity (Wildman–Crippen MR) is 39.5 cm³/mol. The van der Waals surface area contributed by atoms with E-state index in [2.05, 4.69) is 0 Å². The van der Waals surface area contributed by atoms with Crippen LogP contribution in [0.4, 0.5) is 0 Å². The van der Waals surface area contributed by atoms with Gasteiger partial charge in [0, 0.05) is 0 Å². The van der Waals surface area contributed by atoms with Crippen LogP contribution in [-0.2, 0) is 4.79 Å². The third-order valence-corrected chi connectivity index (χ3v) is 2.64. The van der Waals surface area contributed by atoms with Crippen molar-refractivity contribution >= 4 is 18.0 Å². The standard InChI is InChI=1S/C6H11NOS/c7-6(5-8)1-3-9-4-2-6/h5H,1-4,7H2. The van der Waals surface area contributed by atoms with E-state index in [0.717, 1.165) is 30.6 Å². The Bertz CT molecular complexity index is 110. The average molecular weight is 145 g/mol. The lowest BCUT2D eigenvalue weighted by Crippen LogP contribution is -2.44. The Morgan fingerprint density at radius 3 is 2.33 bits per heavy atom. The number of carbonyl (C=O) groups excluding carboxylic acids is 1. The lowest BCUT2D eigenvalue weighted by molar-refractivity contribution is -0.112. The van der Waals surface area contributed by atoms with Crippen LogP contribution in [0.15, 0.2) is 0 Å². The van der Waals surface area contributed by atoms with E-state index in [9.17, 15) is 4.79 Å². The van der Waals surface area contributed by atoms with Crippen LogP contribution in [0.2, 0.25) is 0 Å². The molecule has 9 heavy (non-hydrogen) atoms. The Kier molecular flexibility index (Phi) is 2.13. The van der Waals surface area contributed by atoms with Gasteiger partial charge in [0.25, 0.3) is 0 Å². The van der Waals surface area contributed by atoms with Gasteiger partial charge in [0.1, 0.15) is 6.29 Å². The van der Waals surface area contributed by atoms with E-state index in [1.165, 1.54) is 0 Å². The largest absolute Gasteiger partial charge is 0.319 e. The van der Waals surface area contributed by atoms with Gasteiger partial charge in [-0.25, -0.2) is 0 Å². The van der Waals surface area contributed by atoms with Crippen LogP contribution in [0.5, 0.6) is 0 Å². The maximum Gasteiger partial charge on any atom is 0.139 e. The fourth-order valence-electron chi connectivity index (χ4n) is 0.869. The summed E-state index contributed by atoms with van der Waals surface area (Å²) < 4.78 is 0. The molecule has 0 saturated carbocycles. The van der Waals surface area contributed by atoms with Gasteiger partial charge in [-0.2, -0.15) is 11.8 Å². The quantitative estimate of drug-likeness (QED) is 0.543. The molecule has 2 N–H and O–H groups in total. The molecule has 0 aromatic rings. The zero-order chi connectivity index (χ0) is 6.74. The molecule has 0 unspecified atom stereocenters. The molecule has 0 amide bonds. The summed E-state index contributed by atoms with van der Waals surface area (Å²) in [5, 5.41) is 0. The minimum absolute atomic E-state index is 0.481. The minimum Gasteiger partial charge on any atom is -0.319 e. The van der Waals surface area contributed by atoms with Gasteiger partial charge in [0.2, 0.25) is 0 Å². The van der Waals surface area contributed by atoms with Gasteiger partial charge >= 0.3 is 0 Å². The second kappa shape index (κ2) is 2.71. The SMILES string of the molecule is NC1(C=O)CCSCC1. The molecular formula is C6H11NOS. The highest BCUT2D eigenvalue weighted by atomic mass is 32.2. The van der Waals surface area contributed by atoms with Crippen LogP contribution in [0.25, 0.3) is 0 Å². The smallest absolute Gasteiger partial charge is 0.139 e. The summed E-state index contributed by atoms with van der Waals surface area (Å²) in [7, 11) is 0. The van der Waals surface area contributed by atoms with Gasteiger partial charge < -0.3 is 10.5 Å². The molecule has 1 aliphatic heterocycles. The van der Waals surface area contributed by atoms with Gasteiger partial charge in [-0.1, -0.05) is 0 Å². The Labute approximate surface area is 59.2 Å². The highest BCUT2D eigenvalue weighted by molar-refractivity contribution is 7.99. The van der Waals surface area contributed by atoms with Crippen LogP contribution in [0.1, 0.15) is 12.8 Å². The Morgan fingerprint density at radius 1 is 1.44 bits per heavy atom. The molecule has 3 heteroatoms. The van der Waals surface area contributed by atoms with Gasteiger partial charge in [-0.3, -0.25) is 0 Å². The Balaban J connectivity index is 2.46. The fourth-order valence-corrected chi connectivity index (χ4v) is 2.12. The second-order valence-corrected chi connectivity index (χ2v) is 3.69. The monoisotopic (exact) mass is 145 g/mol. The van der Waals surface area contributed by atoms with Gasteiger partial charge in [0.05, 0.1) is 5.54 Å². The summed E-state index contributed by atoms with van der Waals surface area (Å²) in [6, 6.07) is 0. The van der Waals surface area contributed by atoms with E-state index in [-0.39, 0.29) is 0 Å². The average Bonchev–Trinajstić information content (AvgIpc) is 1.90. The topological polar surface area (TPSA) is 43.1 Å². The van der Waals surface area contributed by atoms with E-state index >= 15 is 0 Å². The fraction of sp³-hybridized carbons (Fsp3) is 0.833. The first-order chi connectivity index (χ1) is 4.27. The van der Waals surface area contributed by atoms with E-state index < -0.39 is 5.54 Å². The number of rotatable bonds is 1. The number of hydrogen-bond donors (Lipinski definition) is 1. The van der Waals surface area contributed by atoms with Crippen molar-refractivity contribution < 1.29 is 4.79 Å². The summed E-state index contributed by atoms with van der Waals surface area (Å²) in [6.07, 6.45) is 2.59. The zero-order valence-electron chi connectivity index (χ0n) is 5.30.